The van der Waals surface area contributed by atoms with Crippen LogP contribution in [0.25, 0.3) is 0 Å². The second kappa shape index (κ2) is 15.5. The van der Waals surface area contributed by atoms with Crippen LogP contribution >= 0.6 is 11.6 Å². The van der Waals surface area contributed by atoms with Crippen molar-refractivity contribution in [3.63, 3.8) is 0 Å². The van der Waals surface area contributed by atoms with Crippen LogP contribution in [-0.4, -0.2) is 43.2 Å². The van der Waals surface area contributed by atoms with Crippen LogP contribution in [0.15, 0.2) is 41.4 Å². The summed E-state index contributed by atoms with van der Waals surface area (Å²) in [5.41, 5.74) is 1.22. The van der Waals surface area contributed by atoms with Gasteiger partial charge in [0.25, 0.3) is 0 Å². The predicted molar refractivity (Wildman–Crippen MR) is 131 cm³/mol. The van der Waals surface area contributed by atoms with E-state index in [2.05, 4.69) is 25.1 Å². The Morgan fingerprint density at radius 1 is 0.968 bits per heavy atom. The highest BCUT2D eigenvalue weighted by Crippen LogP contribution is 2.21. The van der Waals surface area contributed by atoms with E-state index in [1.807, 2.05) is 18.2 Å². The minimum absolute atomic E-state index is 0.0440. The van der Waals surface area contributed by atoms with Gasteiger partial charge in [0, 0.05) is 11.5 Å². The Balaban J connectivity index is 1.72. The molecule has 1 aromatic rings. The number of nitrogens with zero attached hydrogens (tertiary/aromatic N) is 1. The number of halogens is 1. The number of carbonyl (C=O) groups is 1. The van der Waals surface area contributed by atoms with Gasteiger partial charge in [-0.2, -0.15) is 0 Å². The topological polar surface area (TPSA) is 26.3 Å². The monoisotopic (exact) mass is 448 g/mol. The van der Waals surface area contributed by atoms with Crippen LogP contribution in [0.4, 0.5) is 0 Å². The van der Waals surface area contributed by atoms with Gasteiger partial charge in [0.1, 0.15) is 0 Å². The molecule has 3 nitrogen and oxygen atoms in total. The molecule has 0 N–H and O–H groups in total. The summed E-state index contributed by atoms with van der Waals surface area (Å²) in [5, 5.41) is 0.863. The Morgan fingerprint density at radius 2 is 1.61 bits per heavy atom. The molecule has 1 aliphatic heterocycles. The molecule has 1 aliphatic rings. The van der Waals surface area contributed by atoms with E-state index in [9.17, 15) is 4.79 Å². The largest absolute Gasteiger partial charge is 0.462 e. The second-order valence-electron chi connectivity index (χ2n) is 9.20. The molecule has 1 saturated heterocycles. The van der Waals surface area contributed by atoms with Gasteiger partial charge in [-0.05, 0) is 37.3 Å². The maximum atomic E-state index is 12.6. The van der Waals surface area contributed by atoms with Gasteiger partial charge in [-0.15, -0.1) is 0 Å². The van der Waals surface area contributed by atoms with Crippen LogP contribution in [0.2, 0.25) is 0 Å². The number of quaternary nitrogens is 1. The highest BCUT2D eigenvalue weighted by Gasteiger charge is 2.32. The molecule has 1 aromatic carbocycles. The molecular formula is C27H43ClNO2+. The number of rotatable bonds is 15. The molecule has 0 amide bonds. The molecule has 1 heterocycles. The van der Waals surface area contributed by atoms with Crippen molar-refractivity contribution in [1.82, 2.24) is 0 Å². The lowest BCUT2D eigenvalue weighted by Gasteiger charge is -2.40. The van der Waals surface area contributed by atoms with E-state index in [0.717, 1.165) is 48.4 Å². The lowest BCUT2D eigenvalue weighted by atomic mass is 10.1. The summed E-state index contributed by atoms with van der Waals surface area (Å²) in [6, 6.07) is 10.3. The molecule has 0 radical (unpaired) electrons. The van der Waals surface area contributed by atoms with Gasteiger partial charge in [-0.3, -0.25) is 0 Å². The van der Waals surface area contributed by atoms with Crippen molar-refractivity contribution in [3.05, 3.63) is 47.0 Å². The number of benzene rings is 1. The van der Waals surface area contributed by atoms with Crippen LogP contribution in [-0.2, 0) is 16.0 Å². The lowest BCUT2D eigenvalue weighted by Crippen LogP contribution is -2.54. The first-order chi connectivity index (χ1) is 15.1. The molecule has 0 unspecified atom stereocenters. The van der Waals surface area contributed by atoms with E-state index in [-0.39, 0.29) is 5.97 Å². The zero-order chi connectivity index (χ0) is 22.2. The van der Waals surface area contributed by atoms with Crippen molar-refractivity contribution in [3.8, 4) is 0 Å². The number of allylic oxidation sites excluding steroid dienone is 1. The third-order valence-corrected chi connectivity index (χ3v) is 6.69. The van der Waals surface area contributed by atoms with Crippen molar-refractivity contribution >= 4 is 17.6 Å². The third kappa shape index (κ3) is 11.2. The molecule has 174 valence electrons. The van der Waals surface area contributed by atoms with E-state index in [1.165, 1.54) is 63.4 Å². The molecule has 0 bridgehead atoms. The van der Waals surface area contributed by atoms with Gasteiger partial charge in [0.15, 0.2) is 6.54 Å². The van der Waals surface area contributed by atoms with E-state index in [1.54, 1.807) is 0 Å². The standard InChI is InChI=1S/C27H43ClNO2/c1-2-3-4-5-6-7-8-15-22-31-27(30)24-29(19-13-10-14-20-29)21-18-26(28)23-25-16-11-9-12-17-25/h9,11-12,16-18H,2-8,10,13-15,19-24H2,1H3/q+1/b26-18-. The summed E-state index contributed by atoms with van der Waals surface area (Å²) >= 11 is 6.54. The first kappa shape index (κ1) is 25.9. The van der Waals surface area contributed by atoms with Crippen molar-refractivity contribution in [2.24, 2.45) is 0 Å². The van der Waals surface area contributed by atoms with Crippen LogP contribution < -0.4 is 0 Å². The molecule has 4 heteroatoms. The maximum Gasteiger partial charge on any atom is 0.361 e. The van der Waals surface area contributed by atoms with Crippen LogP contribution in [0.1, 0.15) is 83.1 Å². The summed E-state index contributed by atoms with van der Waals surface area (Å²) in [6.07, 6.45) is 16.6. The minimum atomic E-state index is -0.0440. The lowest BCUT2D eigenvalue weighted by molar-refractivity contribution is -0.920. The van der Waals surface area contributed by atoms with Gasteiger partial charge in [-0.1, -0.05) is 93.8 Å². The molecule has 0 aliphatic carbocycles. The Morgan fingerprint density at radius 3 is 2.29 bits per heavy atom. The highest BCUT2D eigenvalue weighted by molar-refractivity contribution is 6.29. The summed E-state index contributed by atoms with van der Waals surface area (Å²) in [6.45, 7) is 6.19. The summed E-state index contributed by atoms with van der Waals surface area (Å²) < 4.78 is 6.40. The van der Waals surface area contributed by atoms with Crippen molar-refractivity contribution in [2.75, 3.05) is 32.8 Å². The fraction of sp³-hybridized carbons (Fsp3) is 0.667. The number of likely N-dealkylation sites (tertiary alicyclic amines) is 1. The SMILES string of the molecule is CCCCCCCCCCOC(=O)C[N+]1(C/C=C(\Cl)Cc2ccccc2)CCCCC1. The molecule has 1 fully saturated rings. The minimum Gasteiger partial charge on any atom is -0.462 e. The molecule has 31 heavy (non-hydrogen) atoms. The average Bonchev–Trinajstić information content (AvgIpc) is 2.78. The van der Waals surface area contributed by atoms with Gasteiger partial charge in [0.05, 0.1) is 26.2 Å². The van der Waals surface area contributed by atoms with Crippen molar-refractivity contribution < 1.29 is 14.0 Å². The fourth-order valence-electron chi connectivity index (χ4n) is 4.49. The third-order valence-electron chi connectivity index (χ3n) is 6.41. The number of ether oxygens (including phenoxy) is 1. The summed E-state index contributed by atoms with van der Waals surface area (Å²) in [5.74, 6) is -0.0440. The smallest absolute Gasteiger partial charge is 0.361 e. The molecule has 0 aromatic heterocycles. The highest BCUT2D eigenvalue weighted by atomic mass is 35.5. The fourth-order valence-corrected chi connectivity index (χ4v) is 4.71. The Labute approximate surface area is 195 Å². The van der Waals surface area contributed by atoms with Gasteiger partial charge < -0.3 is 9.22 Å². The van der Waals surface area contributed by atoms with Crippen LogP contribution in [0.5, 0.6) is 0 Å². The quantitative estimate of drug-likeness (QED) is 0.163. The van der Waals surface area contributed by atoms with Crippen LogP contribution in [0, 0.1) is 0 Å². The molecule has 0 atom stereocenters. The number of unbranched alkanes of at least 4 members (excludes halogenated alkanes) is 7. The normalized spacial score (nSPS) is 16.3. The zero-order valence-electron chi connectivity index (χ0n) is 19.6. The van der Waals surface area contributed by atoms with E-state index in [0.29, 0.717) is 13.2 Å². The number of hydrogen-bond donors (Lipinski definition) is 0. The molecule has 2 rings (SSSR count). The Kier molecular flexibility index (Phi) is 12.9. The maximum absolute atomic E-state index is 12.6. The number of carbonyl (C=O) groups excluding carboxylic acids is 1. The summed E-state index contributed by atoms with van der Waals surface area (Å²) in [7, 11) is 0. The zero-order valence-corrected chi connectivity index (χ0v) is 20.4. The van der Waals surface area contributed by atoms with Crippen molar-refractivity contribution in [2.45, 2.75) is 84.0 Å². The average molecular weight is 449 g/mol. The second-order valence-corrected chi connectivity index (χ2v) is 9.68. The Bertz CT molecular complexity index is 638. The van der Waals surface area contributed by atoms with E-state index >= 15 is 0 Å². The number of hydrogen-bond acceptors (Lipinski definition) is 2. The predicted octanol–water partition coefficient (Wildman–Crippen LogP) is 7.04. The van der Waals surface area contributed by atoms with Crippen LogP contribution in [0.3, 0.4) is 0 Å². The van der Waals surface area contributed by atoms with E-state index < -0.39 is 0 Å². The van der Waals surface area contributed by atoms with Gasteiger partial charge >= 0.3 is 5.97 Å². The van der Waals surface area contributed by atoms with Gasteiger partial charge in [-0.25, -0.2) is 4.79 Å². The van der Waals surface area contributed by atoms with E-state index in [4.69, 9.17) is 16.3 Å². The Hall–Kier alpha value is -1.32. The first-order valence-corrected chi connectivity index (χ1v) is 12.9. The molecule has 0 saturated carbocycles. The number of piperidine rings is 1. The molecule has 0 spiro atoms. The summed E-state index contributed by atoms with van der Waals surface area (Å²) in [4.78, 5) is 12.6. The van der Waals surface area contributed by atoms with Gasteiger partial charge in [0.2, 0.25) is 0 Å². The molecular weight excluding hydrogens is 406 g/mol. The van der Waals surface area contributed by atoms with Crippen molar-refractivity contribution in [1.29, 1.82) is 0 Å². The number of esters is 1. The first-order valence-electron chi connectivity index (χ1n) is 12.5.